The van der Waals surface area contributed by atoms with Crippen LogP contribution in [0.1, 0.15) is 42.5 Å². The fraction of sp³-hybridized carbons (Fsp3) is 0.0794. The van der Waals surface area contributed by atoms with Gasteiger partial charge < -0.3 is 4.90 Å². The molecule has 0 saturated heterocycles. The van der Waals surface area contributed by atoms with Gasteiger partial charge in [-0.15, -0.1) is 0 Å². The molecule has 2 aliphatic carbocycles. The van der Waals surface area contributed by atoms with Gasteiger partial charge in [-0.1, -0.05) is 232 Å². The average Bonchev–Trinajstić information content (AvgIpc) is 3.60. The highest BCUT2D eigenvalue weighted by Gasteiger charge is 2.36. The highest BCUT2D eigenvalue weighted by molar-refractivity contribution is 5.98. The van der Waals surface area contributed by atoms with Crippen molar-refractivity contribution in [2.45, 2.75) is 31.7 Å². The molecule has 1 unspecified atom stereocenters. The van der Waals surface area contributed by atoms with Gasteiger partial charge in [0, 0.05) is 16.8 Å². The van der Waals surface area contributed by atoms with Gasteiger partial charge >= 0.3 is 0 Å². The molecule has 0 saturated carbocycles. The Balaban J connectivity index is 1.05. The molecule has 0 bridgehead atoms. The first-order valence-corrected chi connectivity index (χ1v) is 22.5. The number of fused-ring (bicyclic) bond motifs is 3. The fourth-order valence-corrected chi connectivity index (χ4v) is 10.2. The van der Waals surface area contributed by atoms with E-state index in [-0.39, 0.29) is 11.5 Å². The minimum atomic E-state index is -0.130. The summed E-state index contributed by atoms with van der Waals surface area (Å²) >= 11 is 0. The molecule has 9 aromatic carbocycles. The van der Waals surface area contributed by atoms with Gasteiger partial charge in [0.05, 0.1) is 6.04 Å². The minimum Gasteiger partial charge on any atom is -0.334 e. The summed E-state index contributed by atoms with van der Waals surface area (Å²) in [5.74, 6) is 0. The van der Waals surface area contributed by atoms with Gasteiger partial charge in [0.25, 0.3) is 0 Å². The van der Waals surface area contributed by atoms with Crippen LogP contribution in [0, 0.1) is 0 Å². The van der Waals surface area contributed by atoms with Crippen LogP contribution >= 0.6 is 0 Å². The second-order valence-electron chi connectivity index (χ2n) is 17.6. The van der Waals surface area contributed by atoms with Crippen LogP contribution < -0.4 is 4.90 Å². The van der Waals surface area contributed by atoms with E-state index in [2.05, 4.69) is 261 Å². The van der Waals surface area contributed by atoms with Gasteiger partial charge in [-0.05, 0) is 120 Å². The Kier molecular flexibility index (Phi) is 10.1. The van der Waals surface area contributed by atoms with E-state index in [1.54, 1.807) is 0 Å². The molecular weight excluding hydrogens is 771 g/mol. The fourth-order valence-electron chi connectivity index (χ4n) is 10.2. The second-order valence-corrected chi connectivity index (χ2v) is 17.6. The topological polar surface area (TPSA) is 3.24 Å². The third-order valence-corrected chi connectivity index (χ3v) is 13.5. The van der Waals surface area contributed by atoms with E-state index >= 15 is 0 Å². The summed E-state index contributed by atoms with van der Waals surface area (Å²) in [7, 11) is 0. The lowest BCUT2D eigenvalue weighted by molar-refractivity contribution is 0.659. The van der Waals surface area contributed by atoms with Gasteiger partial charge in [-0.3, -0.25) is 0 Å². The smallest absolute Gasteiger partial charge is 0.0566 e. The number of anilines is 2. The van der Waals surface area contributed by atoms with Gasteiger partial charge in [0.1, 0.15) is 0 Å². The van der Waals surface area contributed by atoms with Crippen LogP contribution in [0.3, 0.4) is 0 Å². The molecular formula is C63H49N. The largest absolute Gasteiger partial charge is 0.334 e. The number of hydrogen-bond acceptors (Lipinski definition) is 1. The molecule has 0 heterocycles. The highest BCUT2D eigenvalue weighted by Crippen LogP contribution is 2.51. The molecule has 0 fully saturated rings. The number of allylic oxidation sites excluding steroid dienone is 2. The number of hydrogen-bond donors (Lipinski definition) is 0. The molecule has 306 valence electrons. The molecule has 11 rings (SSSR count). The molecule has 2 aliphatic rings. The molecule has 1 heteroatoms. The Morgan fingerprint density at radius 3 is 1.41 bits per heavy atom. The van der Waals surface area contributed by atoms with Crippen LogP contribution in [0.15, 0.2) is 243 Å². The maximum atomic E-state index is 2.60. The summed E-state index contributed by atoms with van der Waals surface area (Å²) in [6.45, 7) is 4.76. The van der Waals surface area contributed by atoms with E-state index in [9.17, 15) is 0 Å². The molecule has 0 spiro atoms. The Morgan fingerprint density at radius 1 is 0.359 bits per heavy atom. The molecule has 64 heavy (non-hydrogen) atoms. The zero-order valence-corrected chi connectivity index (χ0v) is 36.3. The molecule has 9 aromatic rings. The summed E-state index contributed by atoms with van der Waals surface area (Å²) in [5, 5.41) is 0. The normalized spacial score (nSPS) is 14.8. The maximum Gasteiger partial charge on any atom is 0.0566 e. The molecule has 1 atom stereocenters. The van der Waals surface area contributed by atoms with Crippen LogP contribution in [-0.4, -0.2) is 6.04 Å². The van der Waals surface area contributed by atoms with E-state index in [0.29, 0.717) is 0 Å². The first-order chi connectivity index (χ1) is 31.5. The van der Waals surface area contributed by atoms with Crippen LogP contribution in [-0.2, 0) is 5.41 Å². The van der Waals surface area contributed by atoms with Crippen molar-refractivity contribution in [1.29, 1.82) is 0 Å². The van der Waals surface area contributed by atoms with Gasteiger partial charge in [0.2, 0.25) is 0 Å². The molecule has 0 aromatic heterocycles. The summed E-state index contributed by atoms with van der Waals surface area (Å²) in [4.78, 5) is 2.60. The summed E-state index contributed by atoms with van der Waals surface area (Å²) in [5.41, 5.74) is 22.4. The summed E-state index contributed by atoms with van der Waals surface area (Å²) in [6, 6.07) is 84.6. The Hall–Kier alpha value is -7.74. The molecule has 0 N–H and O–H groups in total. The minimum absolute atomic E-state index is 0.0344. The number of benzene rings is 9. The zero-order valence-electron chi connectivity index (χ0n) is 36.3. The SMILES string of the molecule is CC1(C)c2ccccc2-c2ccc(N(c3ccc(-c4ccc(-c5ccccc5)cc4)c(-c4ccccc4)c3)C3C=CC(c4ccc(-c5ccccc5)cc4)=C(c4ccccc4)C3)cc21. The quantitative estimate of drug-likeness (QED) is 0.140. The first kappa shape index (κ1) is 39.1. The van der Waals surface area contributed by atoms with Crippen LogP contribution in [0.5, 0.6) is 0 Å². The molecule has 0 aliphatic heterocycles. The number of nitrogens with zero attached hydrogens (tertiary/aromatic N) is 1. The van der Waals surface area contributed by atoms with Crippen molar-refractivity contribution in [3.05, 3.63) is 265 Å². The summed E-state index contributed by atoms with van der Waals surface area (Å²) in [6.07, 6.45) is 5.66. The number of rotatable bonds is 9. The standard InChI is InChI=1S/C63H49N/c1-63(2)61-26-16-15-25-57(61)58-40-37-54(43-62(58)63)64(52-35-38-55(59(41-52)48-21-11-5-12-22-48)50-31-27-46(28-32-50)44-17-7-3-8-18-44)53-36-39-56(60(42-53)49-23-13-6-14-24-49)51-33-29-47(30-34-51)45-19-9-4-10-20-45/h3-41,43,53H,42H2,1-2H3. The Labute approximate surface area is 378 Å². The van der Waals surface area contributed by atoms with Crippen molar-refractivity contribution >= 4 is 22.5 Å². The van der Waals surface area contributed by atoms with Crippen LogP contribution in [0.25, 0.3) is 66.8 Å². The van der Waals surface area contributed by atoms with Gasteiger partial charge in [0.15, 0.2) is 0 Å². The van der Waals surface area contributed by atoms with Crippen molar-refractivity contribution in [2.75, 3.05) is 4.90 Å². The average molecular weight is 820 g/mol. The molecule has 0 amide bonds. The van der Waals surface area contributed by atoms with Crippen LogP contribution in [0.2, 0.25) is 0 Å². The Bertz CT molecular complexity index is 3160. The monoisotopic (exact) mass is 819 g/mol. The molecule has 0 radical (unpaired) electrons. The lowest BCUT2D eigenvalue weighted by Crippen LogP contribution is -2.31. The van der Waals surface area contributed by atoms with E-state index < -0.39 is 0 Å². The van der Waals surface area contributed by atoms with Crippen molar-refractivity contribution < 1.29 is 0 Å². The predicted molar refractivity (Wildman–Crippen MR) is 272 cm³/mol. The van der Waals surface area contributed by atoms with Crippen molar-refractivity contribution in [3.63, 3.8) is 0 Å². The van der Waals surface area contributed by atoms with Crippen molar-refractivity contribution in [1.82, 2.24) is 0 Å². The van der Waals surface area contributed by atoms with E-state index in [4.69, 9.17) is 0 Å². The van der Waals surface area contributed by atoms with Gasteiger partial charge in [-0.2, -0.15) is 0 Å². The molecule has 1 nitrogen and oxygen atoms in total. The predicted octanol–water partition coefficient (Wildman–Crippen LogP) is 16.7. The van der Waals surface area contributed by atoms with Crippen LogP contribution in [0.4, 0.5) is 11.4 Å². The first-order valence-electron chi connectivity index (χ1n) is 22.5. The second kappa shape index (κ2) is 16.5. The maximum absolute atomic E-state index is 2.60. The lowest BCUT2D eigenvalue weighted by atomic mass is 9.82. The van der Waals surface area contributed by atoms with Crippen molar-refractivity contribution in [3.8, 4) is 55.6 Å². The highest BCUT2D eigenvalue weighted by atomic mass is 15.2. The van der Waals surface area contributed by atoms with Crippen molar-refractivity contribution in [2.24, 2.45) is 0 Å². The Morgan fingerprint density at radius 2 is 0.797 bits per heavy atom. The lowest BCUT2D eigenvalue weighted by Gasteiger charge is -2.36. The van der Waals surface area contributed by atoms with E-state index in [0.717, 1.165) is 12.1 Å². The van der Waals surface area contributed by atoms with E-state index in [1.165, 1.54) is 94.7 Å². The summed E-state index contributed by atoms with van der Waals surface area (Å²) < 4.78 is 0. The zero-order chi connectivity index (χ0) is 43.0. The third-order valence-electron chi connectivity index (χ3n) is 13.5. The van der Waals surface area contributed by atoms with E-state index in [1.807, 2.05) is 0 Å². The van der Waals surface area contributed by atoms with Gasteiger partial charge in [-0.25, -0.2) is 0 Å². The third kappa shape index (κ3) is 7.20.